The van der Waals surface area contributed by atoms with Crippen molar-refractivity contribution in [3.05, 3.63) is 68.3 Å². The van der Waals surface area contributed by atoms with Gasteiger partial charge in [0.05, 0.1) is 9.85 Å². The van der Waals surface area contributed by atoms with Gasteiger partial charge in [-0.2, -0.15) is 0 Å². The molecule has 2 aromatic carbocycles. The monoisotopic (exact) mass is 300 g/mol. The van der Waals surface area contributed by atoms with Gasteiger partial charge in [0.15, 0.2) is 11.6 Å². The lowest BCUT2D eigenvalue weighted by molar-refractivity contribution is -0.385. The summed E-state index contributed by atoms with van der Waals surface area (Å²) >= 11 is 0. The van der Waals surface area contributed by atoms with Gasteiger partial charge in [0, 0.05) is 29.8 Å². The number of fused-ring (bicyclic) bond motifs is 1. The average molecular weight is 300 g/mol. The summed E-state index contributed by atoms with van der Waals surface area (Å²) in [5, 5.41) is 21.6. The zero-order chi connectivity index (χ0) is 15.7. The molecule has 0 unspecified atom stereocenters. The van der Waals surface area contributed by atoms with Crippen LogP contribution in [0.15, 0.2) is 47.5 Å². The first-order chi connectivity index (χ1) is 10.5. The number of hydroxylamine groups is 1. The summed E-state index contributed by atoms with van der Waals surface area (Å²) in [6, 6.07) is 9.81. The molecule has 9 nitrogen and oxygen atoms in total. The number of nitro groups is 2. The van der Waals surface area contributed by atoms with Gasteiger partial charge in [-0.15, -0.1) is 0 Å². The third-order valence-electron chi connectivity index (χ3n) is 2.97. The van der Waals surface area contributed by atoms with Crippen LogP contribution in [0.5, 0.6) is 5.75 Å². The maximum absolute atomic E-state index is 10.8. The zero-order valence-electron chi connectivity index (χ0n) is 10.9. The largest absolute Gasteiger partial charge is 0.378 e. The maximum Gasteiger partial charge on any atom is 0.271 e. The van der Waals surface area contributed by atoms with E-state index in [2.05, 4.69) is 10.5 Å². The molecule has 1 heterocycles. The molecule has 9 heteroatoms. The van der Waals surface area contributed by atoms with Gasteiger partial charge in [-0.3, -0.25) is 20.2 Å². The van der Waals surface area contributed by atoms with Crippen molar-refractivity contribution in [2.24, 2.45) is 4.99 Å². The molecule has 1 aliphatic rings. The van der Waals surface area contributed by atoms with Crippen LogP contribution in [0.25, 0.3) is 0 Å². The highest BCUT2D eigenvalue weighted by atomic mass is 16.7. The van der Waals surface area contributed by atoms with Crippen molar-refractivity contribution in [1.82, 2.24) is 5.48 Å². The van der Waals surface area contributed by atoms with E-state index >= 15 is 0 Å². The third kappa shape index (κ3) is 2.42. The van der Waals surface area contributed by atoms with Crippen LogP contribution in [-0.2, 0) is 0 Å². The Kier molecular flexibility index (Phi) is 3.14. The molecule has 1 aliphatic heterocycles. The highest BCUT2D eigenvalue weighted by Crippen LogP contribution is 2.33. The lowest BCUT2D eigenvalue weighted by Crippen LogP contribution is -2.30. The molecule has 0 radical (unpaired) electrons. The van der Waals surface area contributed by atoms with Gasteiger partial charge in [-0.1, -0.05) is 12.1 Å². The SMILES string of the molecule is O=[N+]([O-])c1cccc(C2=Nc3cc([N+](=O)[O-])ccc3ON2)c1. The first-order valence-electron chi connectivity index (χ1n) is 6.09. The number of non-ortho nitro benzene ring substituents is 2. The molecular weight excluding hydrogens is 292 g/mol. The molecule has 3 rings (SSSR count). The molecule has 0 fully saturated rings. The van der Waals surface area contributed by atoms with Crippen molar-refractivity contribution in [1.29, 1.82) is 0 Å². The van der Waals surface area contributed by atoms with E-state index in [0.29, 0.717) is 11.3 Å². The first-order valence-corrected chi connectivity index (χ1v) is 6.09. The normalized spacial score (nSPS) is 12.5. The number of benzene rings is 2. The number of amidine groups is 1. The highest BCUT2D eigenvalue weighted by molar-refractivity contribution is 6.01. The summed E-state index contributed by atoms with van der Waals surface area (Å²) in [5.74, 6) is 0.566. The lowest BCUT2D eigenvalue weighted by Gasteiger charge is -2.17. The second-order valence-electron chi connectivity index (χ2n) is 4.38. The lowest BCUT2D eigenvalue weighted by atomic mass is 10.1. The number of nitro benzene ring substituents is 2. The summed E-state index contributed by atoms with van der Waals surface area (Å²) in [4.78, 5) is 30.0. The van der Waals surface area contributed by atoms with Crippen molar-refractivity contribution >= 4 is 22.9 Å². The molecule has 0 saturated carbocycles. The van der Waals surface area contributed by atoms with Crippen molar-refractivity contribution in [3.8, 4) is 5.75 Å². The second kappa shape index (κ2) is 5.13. The molecular formula is C13H8N4O5. The van der Waals surface area contributed by atoms with Crippen LogP contribution in [0, 0.1) is 20.2 Å². The number of hydrogen-bond acceptors (Lipinski definition) is 7. The molecule has 2 aromatic rings. The zero-order valence-corrected chi connectivity index (χ0v) is 10.9. The summed E-state index contributed by atoms with van der Waals surface area (Å²) < 4.78 is 0. The van der Waals surface area contributed by atoms with Crippen LogP contribution in [0.2, 0.25) is 0 Å². The Bertz CT molecular complexity index is 818. The molecule has 110 valence electrons. The summed E-state index contributed by atoms with van der Waals surface area (Å²) in [6.07, 6.45) is 0. The molecule has 0 aromatic heterocycles. The Hall–Kier alpha value is -3.49. The minimum atomic E-state index is -0.537. The van der Waals surface area contributed by atoms with Crippen LogP contribution in [0.1, 0.15) is 5.56 Å². The van der Waals surface area contributed by atoms with Crippen LogP contribution < -0.4 is 10.3 Å². The molecule has 0 spiro atoms. The topological polar surface area (TPSA) is 120 Å². The van der Waals surface area contributed by atoms with E-state index in [4.69, 9.17) is 4.84 Å². The fraction of sp³-hybridized carbons (Fsp3) is 0. The quantitative estimate of drug-likeness (QED) is 0.686. The predicted molar refractivity (Wildman–Crippen MR) is 76.2 cm³/mol. The highest BCUT2D eigenvalue weighted by Gasteiger charge is 2.19. The first kappa shape index (κ1) is 13.5. The number of rotatable bonds is 3. The summed E-state index contributed by atoms with van der Waals surface area (Å²) in [5.41, 5.74) is 3.06. The van der Waals surface area contributed by atoms with E-state index in [9.17, 15) is 20.2 Å². The van der Waals surface area contributed by atoms with Gasteiger partial charge in [0.25, 0.3) is 11.4 Å². The van der Waals surface area contributed by atoms with Crippen LogP contribution in [0.3, 0.4) is 0 Å². The smallest absolute Gasteiger partial charge is 0.271 e. The number of nitrogens with zero attached hydrogens (tertiary/aromatic N) is 3. The van der Waals surface area contributed by atoms with Gasteiger partial charge in [-0.25, -0.2) is 10.5 Å². The Morgan fingerprint density at radius 1 is 1.00 bits per heavy atom. The number of nitrogens with one attached hydrogen (secondary N) is 1. The van der Waals surface area contributed by atoms with Crippen molar-refractivity contribution in [3.63, 3.8) is 0 Å². The van der Waals surface area contributed by atoms with Gasteiger partial charge in [0.2, 0.25) is 0 Å². The Morgan fingerprint density at radius 2 is 1.73 bits per heavy atom. The van der Waals surface area contributed by atoms with E-state index < -0.39 is 9.85 Å². The Balaban J connectivity index is 2.03. The Labute approximate surface area is 123 Å². The molecule has 22 heavy (non-hydrogen) atoms. The number of hydrogen-bond donors (Lipinski definition) is 1. The molecule has 0 atom stereocenters. The minimum absolute atomic E-state index is 0.0909. The van der Waals surface area contributed by atoms with Gasteiger partial charge in [-0.05, 0) is 6.07 Å². The maximum atomic E-state index is 10.8. The van der Waals surface area contributed by atoms with Crippen LogP contribution in [-0.4, -0.2) is 15.7 Å². The van der Waals surface area contributed by atoms with E-state index in [1.807, 2.05) is 0 Å². The van der Waals surface area contributed by atoms with Crippen LogP contribution in [0.4, 0.5) is 17.1 Å². The van der Waals surface area contributed by atoms with Gasteiger partial charge in [0.1, 0.15) is 5.69 Å². The van der Waals surface area contributed by atoms with Gasteiger partial charge >= 0.3 is 0 Å². The molecule has 0 amide bonds. The average Bonchev–Trinajstić information content (AvgIpc) is 2.53. The summed E-state index contributed by atoms with van der Waals surface area (Å²) in [6.45, 7) is 0. The third-order valence-corrected chi connectivity index (χ3v) is 2.97. The van der Waals surface area contributed by atoms with E-state index in [-0.39, 0.29) is 22.9 Å². The molecule has 0 saturated heterocycles. The van der Waals surface area contributed by atoms with Crippen molar-refractivity contribution in [2.75, 3.05) is 0 Å². The fourth-order valence-electron chi connectivity index (χ4n) is 1.93. The molecule has 0 bridgehead atoms. The fourth-order valence-corrected chi connectivity index (χ4v) is 1.93. The van der Waals surface area contributed by atoms with E-state index in [1.54, 1.807) is 6.07 Å². The predicted octanol–water partition coefficient (Wildman–Crippen LogP) is 2.48. The standard InChI is InChI=1S/C13H8N4O5/c18-16(19)9-3-1-2-8(6-9)13-14-11-7-10(17(20)21)4-5-12(11)22-15-13/h1-7H,(H,14,15). The Morgan fingerprint density at radius 3 is 2.45 bits per heavy atom. The van der Waals surface area contributed by atoms with E-state index in [0.717, 1.165) is 0 Å². The summed E-state index contributed by atoms with van der Waals surface area (Å²) in [7, 11) is 0. The number of aliphatic imine (C=N–C) groups is 1. The van der Waals surface area contributed by atoms with Crippen molar-refractivity contribution < 1.29 is 14.7 Å². The van der Waals surface area contributed by atoms with Crippen LogP contribution >= 0.6 is 0 Å². The van der Waals surface area contributed by atoms with Crippen molar-refractivity contribution in [2.45, 2.75) is 0 Å². The second-order valence-corrected chi connectivity index (χ2v) is 4.38. The van der Waals surface area contributed by atoms with E-state index in [1.165, 1.54) is 36.4 Å². The van der Waals surface area contributed by atoms with Gasteiger partial charge < -0.3 is 4.84 Å². The molecule has 0 aliphatic carbocycles. The minimum Gasteiger partial charge on any atom is -0.378 e. The molecule has 1 N–H and O–H groups in total.